The molecule has 1 spiro atoms. The summed E-state index contributed by atoms with van der Waals surface area (Å²) < 4.78 is 30.6. The lowest BCUT2D eigenvalue weighted by atomic mass is 9.44. The molecule has 286 valence electrons. The van der Waals surface area contributed by atoms with Crippen LogP contribution in [0.4, 0.5) is 0 Å². The Morgan fingerprint density at radius 2 is 1.56 bits per heavy atom. The number of ether oxygens (including phenoxy) is 5. The van der Waals surface area contributed by atoms with Gasteiger partial charge >= 0.3 is 0 Å². The highest BCUT2D eigenvalue weighted by Crippen LogP contribution is 2.71. The molecule has 4 saturated carbocycles. The molecule has 12 heteroatoms. The summed E-state index contributed by atoms with van der Waals surface area (Å²) in [7, 11) is 0. The molecule has 4 heterocycles. The Labute approximate surface area is 296 Å². The minimum Gasteiger partial charge on any atom is -0.394 e. The molecule has 21 atom stereocenters. The average molecular weight is 710 g/mol. The van der Waals surface area contributed by atoms with E-state index < -0.39 is 61.9 Å². The Balaban J connectivity index is 0.916. The molecule has 8 rings (SSSR count). The molecule has 8 aliphatic rings. The molecular weight excluding hydrogens is 646 g/mol. The predicted molar refractivity (Wildman–Crippen MR) is 179 cm³/mol. The van der Waals surface area contributed by atoms with Crippen LogP contribution in [0.5, 0.6) is 0 Å². The fourth-order valence-corrected chi connectivity index (χ4v) is 13.1. The first-order chi connectivity index (χ1) is 23.8. The largest absolute Gasteiger partial charge is 0.394 e. The quantitative estimate of drug-likeness (QED) is 0.206. The molecule has 4 aliphatic carbocycles. The van der Waals surface area contributed by atoms with Crippen LogP contribution in [0.25, 0.3) is 0 Å². The van der Waals surface area contributed by atoms with E-state index in [1.54, 1.807) is 0 Å². The van der Waals surface area contributed by atoms with Crippen molar-refractivity contribution >= 4 is 0 Å². The van der Waals surface area contributed by atoms with E-state index in [-0.39, 0.29) is 23.9 Å². The van der Waals surface area contributed by atoms with Crippen molar-refractivity contribution in [3.63, 3.8) is 0 Å². The molecule has 0 aromatic heterocycles. The highest BCUT2D eigenvalue weighted by atomic mass is 16.7. The standard InChI is InChI=1S/C38H63NO11/c1-18-7-12-38(39-15-18)19(2)28-26(50-38)14-24-22-6-5-20-13-21(8-10-36(20,3)23(22)9-11-37(24,28)4)47-35-32(45)33(30(43)27(16-40)48-35)49-34-31(44)29(42)25(41)17-46-34/h18-35,39-45H,5-17H2,1-4H3/t18-,19?,20+,21+,22-,23+,24+,25-,26?,27-,28?,29+,30+,31-,32-,33+,34+,35-,36+,37+,38?/m1/s1. The third kappa shape index (κ3) is 5.68. The van der Waals surface area contributed by atoms with Crippen molar-refractivity contribution in [2.24, 2.45) is 52.3 Å². The second-order valence-electron chi connectivity index (χ2n) is 18.4. The van der Waals surface area contributed by atoms with Gasteiger partial charge in [0.2, 0.25) is 0 Å². The summed E-state index contributed by atoms with van der Waals surface area (Å²) in [5.74, 6) is 4.44. The van der Waals surface area contributed by atoms with Crippen molar-refractivity contribution in [2.75, 3.05) is 19.8 Å². The zero-order chi connectivity index (χ0) is 35.3. The van der Waals surface area contributed by atoms with E-state index in [2.05, 4.69) is 33.0 Å². The van der Waals surface area contributed by atoms with Gasteiger partial charge in [-0.3, -0.25) is 5.32 Å². The van der Waals surface area contributed by atoms with Crippen LogP contribution in [0, 0.1) is 52.3 Å². The van der Waals surface area contributed by atoms with E-state index in [1.165, 1.54) is 32.1 Å². The number of hydrogen-bond acceptors (Lipinski definition) is 12. The smallest absolute Gasteiger partial charge is 0.186 e. The summed E-state index contributed by atoms with van der Waals surface area (Å²) in [5.41, 5.74) is 0.404. The fraction of sp³-hybridized carbons (Fsp3) is 1.00. The molecule has 0 aromatic carbocycles. The molecule has 4 saturated heterocycles. The molecule has 50 heavy (non-hydrogen) atoms. The van der Waals surface area contributed by atoms with Gasteiger partial charge in [-0.1, -0.05) is 27.7 Å². The number of aliphatic hydroxyl groups excluding tert-OH is 6. The number of piperidine rings is 1. The lowest BCUT2D eigenvalue weighted by Crippen LogP contribution is -2.63. The van der Waals surface area contributed by atoms with Gasteiger partial charge < -0.3 is 54.3 Å². The van der Waals surface area contributed by atoms with E-state index in [9.17, 15) is 30.6 Å². The van der Waals surface area contributed by atoms with Crippen molar-refractivity contribution < 1.29 is 54.3 Å². The van der Waals surface area contributed by atoms with Crippen LogP contribution in [0.1, 0.15) is 91.9 Å². The first-order valence-electron chi connectivity index (χ1n) is 19.8. The Bertz CT molecular complexity index is 1220. The zero-order valence-corrected chi connectivity index (χ0v) is 30.3. The number of fused-ring (bicyclic) bond motifs is 7. The third-order valence-corrected chi connectivity index (χ3v) is 16.0. The Morgan fingerprint density at radius 1 is 0.780 bits per heavy atom. The second kappa shape index (κ2) is 13.4. The van der Waals surface area contributed by atoms with Crippen LogP contribution in [-0.2, 0) is 23.7 Å². The molecule has 12 nitrogen and oxygen atoms in total. The predicted octanol–water partition coefficient (Wildman–Crippen LogP) is 1.65. The lowest BCUT2D eigenvalue weighted by molar-refractivity contribution is -0.355. The van der Waals surface area contributed by atoms with Crippen LogP contribution in [0.2, 0.25) is 0 Å². The highest BCUT2D eigenvalue weighted by molar-refractivity contribution is 5.16. The van der Waals surface area contributed by atoms with Crippen molar-refractivity contribution in [3.05, 3.63) is 0 Å². The van der Waals surface area contributed by atoms with Crippen LogP contribution in [0.3, 0.4) is 0 Å². The van der Waals surface area contributed by atoms with Gasteiger partial charge in [-0.15, -0.1) is 0 Å². The van der Waals surface area contributed by atoms with Crippen molar-refractivity contribution in [2.45, 2.75) is 165 Å². The summed E-state index contributed by atoms with van der Waals surface area (Å²) in [6, 6.07) is 0. The van der Waals surface area contributed by atoms with Gasteiger partial charge in [-0.05, 0) is 111 Å². The highest BCUT2D eigenvalue weighted by Gasteiger charge is 2.68. The maximum atomic E-state index is 11.3. The van der Waals surface area contributed by atoms with Crippen LogP contribution in [-0.4, -0.2) is 124 Å². The van der Waals surface area contributed by atoms with Crippen LogP contribution < -0.4 is 5.32 Å². The van der Waals surface area contributed by atoms with Crippen molar-refractivity contribution in [3.8, 4) is 0 Å². The second-order valence-corrected chi connectivity index (χ2v) is 18.4. The summed E-state index contributed by atoms with van der Waals surface area (Å²) in [6.07, 6.45) is -0.823. The van der Waals surface area contributed by atoms with Gasteiger partial charge in [0.1, 0.15) is 48.5 Å². The minimum atomic E-state index is -1.59. The van der Waals surface area contributed by atoms with Gasteiger partial charge in [0.15, 0.2) is 12.6 Å². The summed E-state index contributed by atoms with van der Waals surface area (Å²) in [6.45, 7) is 10.2. The Kier molecular flexibility index (Phi) is 9.76. The average Bonchev–Trinajstić information content (AvgIpc) is 3.54. The van der Waals surface area contributed by atoms with Gasteiger partial charge in [0.05, 0.1) is 25.4 Å². The third-order valence-electron chi connectivity index (χ3n) is 16.0. The van der Waals surface area contributed by atoms with Crippen molar-refractivity contribution in [1.82, 2.24) is 5.32 Å². The number of nitrogens with one attached hydrogen (secondary N) is 1. The molecule has 4 aliphatic heterocycles. The topological polar surface area (TPSA) is 180 Å². The lowest BCUT2D eigenvalue weighted by Gasteiger charge is -2.61. The van der Waals surface area contributed by atoms with Gasteiger partial charge in [0.25, 0.3) is 0 Å². The van der Waals surface area contributed by atoms with E-state index in [1.807, 2.05) is 0 Å². The molecule has 7 N–H and O–H groups in total. The molecule has 0 bridgehead atoms. The van der Waals surface area contributed by atoms with E-state index in [4.69, 9.17) is 23.7 Å². The van der Waals surface area contributed by atoms with E-state index >= 15 is 0 Å². The molecular formula is C38H63NO11. The van der Waals surface area contributed by atoms with E-state index in [0.717, 1.165) is 38.6 Å². The van der Waals surface area contributed by atoms with E-state index in [0.29, 0.717) is 52.9 Å². The number of rotatable bonds is 5. The van der Waals surface area contributed by atoms with Crippen molar-refractivity contribution in [1.29, 1.82) is 0 Å². The molecule has 4 unspecified atom stereocenters. The van der Waals surface area contributed by atoms with Crippen LogP contribution >= 0.6 is 0 Å². The molecule has 8 fully saturated rings. The maximum Gasteiger partial charge on any atom is 0.186 e. The van der Waals surface area contributed by atoms with Gasteiger partial charge in [-0.25, -0.2) is 0 Å². The minimum absolute atomic E-state index is 0.136. The summed E-state index contributed by atoms with van der Waals surface area (Å²) >= 11 is 0. The Morgan fingerprint density at radius 3 is 2.30 bits per heavy atom. The molecule has 0 radical (unpaired) electrons. The first-order valence-corrected chi connectivity index (χ1v) is 19.8. The van der Waals surface area contributed by atoms with Gasteiger partial charge in [-0.2, -0.15) is 0 Å². The Hall–Kier alpha value is -0.480. The van der Waals surface area contributed by atoms with Crippen LogP contribution in [0.15, 0.2) is 0 Å². The molecule has 0 aromatic rings. The molecule has 0 amide bonds. The SMILES string of the molecule is CC1C2C(C[C@H]3[C@@H]4CC[C@H]5C[C@@H](O[C@@H]6O[C@H](CO)[C@H](O)[C@H](O[C@@H]7OC[C@@H](O)[C@H](O)[C@H]7O)[C@H]6O)CC[C@]5(C)[C@H]4CC[C@]23C)OC12CC[C@@H](C)CN2. The maximum absolute atomic E-state index is 11.3. The summed E-state index contributed by atoms with van der Waals surface area (Å²) in [5, 5.41) is 66.4. The normalized spacial score (nSPS) is 59.4. The first kappa shape index (κ1) is 36.5. The fourth-order valence-electron chi connectivity index (χ4n) is 13.1. The number of aliphatic hydroxyl groups is 6. The van der Waals surface area contributed by atoms with Gasteiger partial charge in [0, 0.05) is 12.5 Å². The summed E-state index contributed by atoms with van der Waals surface area (Å²) in [4.78, 5) is 0. The number of hydrogen-bond donors (Lipinski definition) is 7. The zero-order valence-electron chi connectivity index (χ0n) is 30.3. The monoisotopic (exact) mass is 709 g/mol.